The molecule has 122 valence electrons. The maximum absolute atomic E-state index is 12.5. The first-order chi connectivity index (χ1) is 10.6. The fourth-order valence-corrected chi connectivity index (χ4v) is 3.22. The molecule has 0 radical (unpaired) electrons. The van der Waals surface area contributed by atoms with Crippen molar-refractivity contribution >= 4 is 5.91 Å². The van der Waals surface area contributed by atoms with Gasteiger partial charge in [0.1, 0.15) is 0 Å². The number of hydrogen-bond acceptors (Lipinski definition) is 6. The van der Waals surface area contributed by atoms with Crippen molar-refractivity contribution in [1.29, 1.82) is 0 Å². The number of carbonyl (C=O) groups excluding carboxylic acids is 1. The number of aryl methyl sites for hydroxylation is 1. The Morgan fingerprint density at radius 3 is 2.50 bits per heavy atom. The molecule has 0 bridgehead atoms. The second-order valence-electron chi connectivity index (χ2n) is 6.10. The van der Waals surface area contributed by atoms with Gasteiger partial charge in [-0.15, -0.1) is 0 Å². The maximum atomic E-state index is 12.5. The number of morpholine rings is 1. The normalized spacial score (nSPS) is 22.7. The molecule has 22 heavy (non-hydrogen) atoms. The van der Waals surface area contributed by atoms with Crippen molar-refractivity contribution < 1.29 is 14.1 Å². The zero-order valence-corrected chi connectivity index (χ0v) is 13.3. The van der Waals surface area contributed by atoms with E-state index in [1.165, 1.54) is 0 Å². The monoisotopic (exact) mass is 308 g/mol. The van der Waals surface area contributed by atoms with Crippen molar-refractivity contribution in [2.75, 3.05) is 39.4 Å². The zero-order valence-electron chi connectivity index (χ0n) is 13.3. The van der Waals surface area contributed by atoms with Crippen LogP contribution in [-0.2, 0) is 9.53 Å². The summed E-state index contributed by atoms with van der Waals surface area (Å²) in [5, 5.41) is 3.86. The summed E-state index contributed by atoms with van der Waals surface area (Å²) >= 11 is 0. The van der Waals surface area contributed by atoms with Crippen LogP contribution in [0.4, 0.5) is 0 Å². The highest BCUT2D eigenvalue weighted by Crippen LogP contribution is 2.27. The van der Waals surface area contributed by atoms with E-state index in [9.17, 15) is 4.79 Å². The zero-order chi connectivity index (χ0) is 15.5. The van der Waals surface area contributed by atoms with Crippen LogP contribution in [0.25, 0.3) is 0 Å². The Labute approximate surface area is 130 Å². The van der Waals surface area contributed by atoms with Gasteiger partial charge in [0.05, 0.1) is 19.3 Å². The van der Waals surface area contributed by atoms with E-state index < -0.39 is 0 Å². The molecule has 7 nitrogen and oxygen atoms in total. The number of aromatic nitrogens is 2. The highest BCUT2D eigenvalue weighted by molar-refractivity contribution is 5.81. The topological polar surface area (TPSA) is 71.7 Å². The number of carbonyl (C=O) groups is 1. The van der Waals surface area contributed by atoms with Crippen molar-refractivity contribution in [1.82, 2.24) is 19.9 Å². The Hall–Kier alpha value is -1.47. The summed E-state index contributed by atoms with van der Waals surface area (Å²) in [4.78, 5) is 21.0. The van der Waals surface area contributed by atoms with Crippen LogP contribution in [0.5, 0.6) is 0 Å². The van der Waals surface area contributed by atoms with Gasteiger partial charge in [0.15, 0.2) is 5.82 Å². The largest absolute Gasteiger partial charge is 0.378 e. The summed E-state index contributed by atoms with van der Waals surface area (Å²) in [6.07, 6.45) is 1.92. The standard InChI is InChI=1S/C15H24N4O3/c1-11(15(20)19-7-9-21-10-8-19)18-5-3-13(4-6-18)14-16-12(2)17-22-14/h11,13H,3-10H2,1-2H3. The van der Waals surface area contributed by atoms with Crippen LogP contribution in [0.15, 0.2) is 4.52 Å². The molecule has 0 aromatic carbocycles. The second-order valence-corrected chi connectivity index (χ2v) is 6.10. The summed E-state index contributed by atoms with van der Waals surface area (Å²) in [5.74, 6) is 1.97. The Morgan fingerprint density at radius 1 is 1.23 bits per heavy atom. The molecule has 3 rings (SSSR count). The summed E-state index contributed by atoms with van der Waals surface area (Å²) in [6, 6.07) is -0.0662. The molecule has 7 heteroatoms. The third kappa shape index (κ3) is 3.30. The molecule has 2 aliphatic heterocycles. The SMILES string of the molecule is Cc1noc(C2CCN(C(C)C(=O)N3CCOCC3)CC2)n1. The van der Waals surface area contributed by atoms with E-state index in [4.69, 9.17) is 9.26 Å². The minimum Gasteiger partial charge on any atom is -0.378 e. The van der Waals surface area contributed by atoms with Crippen LogP contribution in [-0.4, -0.2) is 71.3 Å². The Morgan fingerprint density at radius 2 is 1.91 bits per heavy atom. The van der Waals surface area contributed by atoms with Gasteiger partial charge in [-0.25, -0.2) is 0 Å². The number of nitrogens with zero attached hydrogens (tertiary/aromatic N) is 4. The molecule has 1 amide bonds. The third-order valence-corrected chi connectivity index (χ3v) is 4.65. The number of piperidine rings is 1. The molecule has 0 spiro atoms. The van der Waals surface area contributed by atoms with Crippen LogP contribution in [0, 0.1) is 6.92 Å². The molecule has 1 aromatic rings. The van der Waals surface area contributed by atoms with Gasteiger partial charge in [-0.3, -0.25) is 9.69 Å². The quantitative estimate of drug-likeness (QED) is 0.823. The summed E-state index contributed by atoms with van der Waals surface area (Å²) in [5.41, 5.74) is 0. The van der Waals surface area contributed by atoms with Gasteiger partial charge in [0, 0.05) is 19.0 Å². The van der Waals surface area contributed by atoms with Gasteiger partial charge in [-0.2, -0.15) is 4.98 Å². The minimum absolute atomic E-state index is 0.0662. The van der Waals surface area contributed by atoms with Gasteiger partial charge in [0.2, 0.25) is 11.8 Å². The predicted molar refractivity (Wildman–Crippen MR) is 79.4 cm³/mol. The van der Waals surface area contributed by atoms with Crippen molar-refractivity contribution in [3.63, 3.8) is 0 Å². The van der Waals surface area contributed by atoms with E-state index in [0.29, 0.717) is 38.0 Å². The molecule has 2 saturated heterocycles. The lowest BCUT2D eigenvalue weighted by atomic mass is 9.95. The first kappa shape index (κ1) is 15.4. The van der Waals surface area contributed by atoms with E-state index >= 15 is 0 Å². The lowest BCUT2D eigenvalue weighted by molar-refractivity contribution is -0.141. The highest BCUT2D eigenvalue weighted by Gasteiger charge is 2.31. The minimum atomic E-state index is -0.0662. The van der Waals surface area contributed by atoms with E-state index in [-0.39, 0.29) is 11.9 Å². The van der Waals surface area contributed by atoms with E-state index in [1.807, 2.05) is 18.7 Å². The number of hydrogen-bond donors (Lipinski definition) is 0. The molecule has 1 atom stereocenters. The molecular formula is C15H24N4O3. The van der Waals surface area contributed by atoms with Gasteiger partial charge >= 0.3 is 0 Å². The van der Waals surface area contributed by atoms with Crippen LogP contribution >= 0.6 is 0 Å². The first-order valence-corrected chi connectivity index (χ1v) is 8.06. The molecule has 0 aliphatic carbocycles. The van der Waals surface area contributed by atoms with Crippen LogP contribution < -0.4 is 0 Å². The fourth-order valence-electron chi connectivity index (χ4n) is 3.22. The summed E-state index contributed by atoms with van der Waals surface area (Å²) < 4.78 is 10.6. The van der Waals surface area contributed by atoms with Gasteiger partial charge < -0.3 is 14.2 Å². The Bertz CT molecular complexity index is 505. The highest BCUT2D eigenvalue weighted by atomic mass is 16.5. The van der Waals surface area contributed by atoms with Crippen molar-refractivity contribution in [3.05, 3.63) is 11.7 Å². The van der Waals surface area contributed by atoms with Crippen molar-refractivity contribution in [2.45, 2.75) is 38.6 Å². The smallest absolute Gasteiger partial charge is 0.239 e. The molecule has 3 heterocycles. The summed E-state index contributed by atoms with van der Waals surface area (Å²) in [6.45, 7) is 8.35. The second kappa shape index (κ2) is 6.75. The molecule has 2 fully saturated rings. The first-order valence-electron chi connectivity index (χ1n) is 8.06. The number of rotatable bonds is 3. The third-order valence-electron chi connectivity index (χ3n) is 4.65. The molecule has 1 aromatic heterocycles. The summed E-state index contributed by atoms with van der Waals surface area (Å²) in [7, 11) is 0. The number of likely N-dealkylation sites (tertiary alicyclic amines) is 1. The van der Waals surface area contributed by atoms with Gasteiger partial charge in [0.25, 0.3) is 0 Å². The predicted octanol–water partition coefficient (Wildman–Crippen LogP) is 0.805. The molecular weight excluding hydrogens is 284 g/mol. The van der Waals surface area contributed by atoms with E-state index in [0.717, 1.165) is 31.8 Å². The lowest BCUT2D eigenvalue weighted by Crippen LogP contribution is -2.52. The van der Waals surface area contributed by atoms with Crippen LogP contribution in [0.1, 0.15) is 37.4 Å². The van der Waals surface area contributed by atoms with Crippen molar-refractivity contribution in [2.24, 2.45) is 0 Å². The van der Waals surface area contributed by atoms with Crippen LogP contribution in [0.3, 0.4) is 0 Å². The van der Waals surface area contributed by atoms with Crippen LogP contribution in [0.2, 0.25) is 0 Å². The Kier molecular flexibility index (Phi) is 4.73. The van der Waals surface area contributed by atoms with E-state index in [1.54, 1.807) is 0 Å². The molecule has 2 aliphatic rings. The van der Waals surface area contributed by atoms with Crippen molar-refractivity contribution in [3.8, 4) is 0 Å². The average Bonchev–Trinajstić information content (AvgIpc) is 3.01. The maximum Gasteiger partial charge on any atom is 0.239 e. The number of ether oxygens (including phenoxy) is 1. The molecule has 0 N–H and O–H groups in total. The van der Waals surface area contributed by atoms with Gasteiger partial charge in [-0.1, -0.05) is 5.16 Å². The molecule has 1 unspecified atom stereocenters. The lowest BCUT2D eigenvalue weighted by Gasteiger charge is -2.37. The number of amides is 1. The van der Waals surface area contributed by atoms with Gasteiger partial charge in [-0.05, 0) is 39.8 Å². The average molecular weight is 308 g/mol. The Balaban J connectivity index is 1.53. The van der Waals surface area contributed by atoms with E-state index in [2.05, 4.69) is 15.0 Å². The molecule has 0 saturated carbocycles. The fraction of sp³-hybridized carbons (Fsp3) is 0.800.